The maximum atomic E-state index is 12.1. The molecule has 0 bridgehead atoms. The molecule has 1 heterocycles. The Morgan fingerprint density at radius 1 is 0.667 bits per heavy atom. The third kappa shape index (κ3) is 2.71. The van der Waals surface area contributed by atoms with Gasteiger partial charge in [0.1, 0.15) is 0 Å². The van der Waals surface area contributed by atoms with Gasteiger partial charge in [-0.1, -0.05) is 66.7 Å². The molecular weight excluding hydrogens is 294 g/mol. The van der Waals surface area contributed by atoms with Crippen LogP contribution in [-0.4, -0.2) is 12.3 Å². The van der Waals surface area contributed by atoms with E-state index in [-0.39, 0.29) is 5.78 Å². The van der Waals surface area contributed by atoms with Gasteiger partial charge in [0.05, 0.1) is 0 Å². The zero-order valence-electron chi connectivity index (χ0n) is 13.5. The van der Waals surface area contributed by atoms with Crippen molar-refractivity contribution in [3.05, 3.63) is 101 Å². The first kappa shape index (κ1) is 14.7. The smallest absolute Gasteiger partial charge is 0.193 e. The number of anilines is 1. The Balaban J connectivity index is 0.000000138. The van der Waals surface area contributed by atoms with Crippen LogP contribution < -0.4 is 5.32 Å². The van der Waals surface area contributed by atoms with E-state index in [1.165, 1.54) is 17.7 Å². The minimum Gasteiger partial charge on any atom is -0.384 e. The molecule has 0 saturated carbocycles. The first-order valence-electron chi connectivity index (χ1n) is 8.35. The van der Waals surface area contributed by atoms with Crippen molar-refractivity contribution in [3.63, 3.8) is 0 Å². The number of benzene rings is 3. The first-order chi connectivity index (χ1) is 11.8. The molecule has 118 valence electrons. The van der Waals surface area contributed by atoms with Gasteiger partial charge in [-0.15, -0.1) is 0 Å². The zero-order valence-corrected chi connectivity index (χ0v) is 13.5. The third-order valence-electron chi connectivity index (χ3n) is 4.63. The molecular formula is C22H19NO. The molecule has 0 spiro atoms. The molecule has 2 heteroatoms. The Kier molecular flexibility index (Phi) is 3.87. The quantitative estimate of drug-likeness (QED) is 0.519. The minimum atomic E-state index is 0.160. The van der Waals surface area contributed by atoms with Crippen molar-refractivity contribution in [2.75, 3.05) is 11.9 Å². The summed E-state index contributed by atoms with van der Waals surface area (Å²) in [5.74, 6) is 0.160. The largest absolute Gasteiger partial charge is 0.384 e. The SMILES string of the molecule is O=C1c2ccccc2Cc2ccccc21.c1ccc2c(c1)CCN2. The van der Waals surface area contributed by atoms with Gasteiger partial charge in [0, 0.05) is 23.4 Å². The van der Waals surface area contributed by atoms with Gasteiger partial charge in [0.15, 0.2) is 5.78 Å². The molecule has 0 aromatic heterocycles. The Morgan fingerprint density at radius 3 is 1.83 bits per heavy atom. The molecule has 0 fully saturated rings. The van der Waals surface area contributed by atoms with Crippen LogP contribution in [0.1, 0.15) is 32.6 Å². The molecule has 1 N–H and O–H groups in total. The fourth-order valence-corrected chi connectivity index (χ4v) is 3.38. The summed E-state index contributed by atoms with van der Waals surface area (Å²) in [5, 5.41) is 3.30. The van der Waals surface area contributed by atoms with Crippen LogP contribution in [0.5, 0.6) is 0 Å². The van der Waals surface area contributed by atoms with Gasteiger partial charge in [-0.05, 0) is 35.6 Å². The monoisotopic (exact) mass is 313 g/mol. The van der Waals surface area contributed by atoms with Gasteiger partial charge in [-0.25, -0.2) is 0 Å². The number of para-hydroxylation sites is 1. The number of rotatable bonds is 0. The van der Waals surface area contributed by atoms with Crippen LogP contribution in [0.4, 0.5) is 5.69 Å². The van der Waals surface area contributed by atoms with Crippen molar-refractivity contribution in [2.45, 2.75) is 12.8 Å². The topological polar surface area (TPSA) is 29.1 Å². The van der Waals surface area contributed by atoms with Crippen LogP contribution in [0, 0.1) is 0 Å². The second-order valence-corrected chi connectivity index (χ2v) is 6.15. The van der Waals surface area contributed by atoms with E-state index in [0.717, 1.165) is 35.2 Å². The molecule has 0 saturated heterocycles. The highest BCUT2D eigenvalue weighted by molar-refractivity contribution is 6.12. The van der Waals surface area contributed by atoms with Gasteiger partial charge in [-0.2, -0.15) is 0 Å². The lowest BCUT2D eigenvalue weighted by Crippen LogP contribution is -2.14. The minimum absolute atomic E-state index is 0.160. The van der Waals surface area contributed by atoms with E-state index >= 15 is 0 Å². The molecule has 0 amide bonds. The summed E-state index contributed by atoms with van der Waals surface area (Å²) in [5.41, 5.74) is 6.77. The van der Waals surface area contributed by atoms with Crippen LogP contribution in [0.3, 0.4) is 0 Å². The third-order valence-corrected chi connectivity index (χ3v) is 4.63. The van der Waals surface area contributed by atoms with Crippen molar-refractivity contribution in [3.8, 4) is 0 Å². The average molecular weight is 313 g/mol. The number of hydrogen-bond acceptors (Lipinski definition) is 2. The Labute approximate surface area is 142 Å². The molecule has 0 radical (unpaired) electrons. The zero-order chi connectivity index (χ0) is 16.4. The first-order valence-corrected chi connectivity index (χ1v) is 8.35. The van der Waals surface area contributed by atoms with Gasteiger partial charge >= 0.3 is 0 Å². The van der Waals surface area contributed by atoms with E-state index in [9.17, 15) is 4.79 Å². The number of nitrogens with one attached hydrogen (secondary N) is 1. The summed E-state index contributed by atoms with van der Waals surface area (Å²) >= 11 is 0. The van der Waals surface area contributed by atoms with Gasteiger partial charge in [0.25, 0.3) is 0 Å². The highest BCUT2D eigenvalue weighted by Crippen LogP contribution is 2.26. The summed E-state index contributed by atoms with van der Waals surface area (Å²) in [6.45, 7) is 1.11. The lowest BCUT2D eigenvalue weighted by molar-refractivity contribution is 0.103. The van der Waals surface area contributed by atoms with Crippen molar-refractivity contribution in [2.24, 2.45) is 0 Å². The van der Waals surface area contributed by atoms with Crippen LogP contribution in [-0.2, 0) is 12.8 Å². The fourth-order valence-electron chi connectivity index (χ4n) is 3.38. The van der Waals surface area contributed by atoms with Crippen molar-refractivity contribution in [1.29, 1.82) is 0 Å². The summed E-state index contributed by atoms with van der Waals surface area (Å²) < 4.78 is 0. The summed E-state index contributed by atoms with van der Waals surface area (Å²) in [6.07, 6.45) is 2.06. The van der Waals surface area contributed by atoms with Crippen molar-refractivity contribution in [1.82, 2.24) is 0 Å². The predicted molar refractivity (Wildman–Crippen MR) is 97.8 cm³/mol. The molecule has 0 unspecified atom stereocenters. The second-order valence-electron chi connectivity index (χ2n) is 6.15. The summed E-state index contributed by atoms with van der Waals surface area (Å²) in [7, 11) is 0. The standard InChI is InChI=1S/C14H10O.C8H9N/c15-14-12-7-3-1-5-10(12)9-11-6-2-4-8-13(11)14;1-2-4-8-7(3-1)5-6-9-8/h1-8H,9H2;1-4,9H,5-6H2. The number of fused-ring (bicyclic) bond motifs is 3. The second kappa shape index (κ2) is 6.32. The number of ketones is 1. The van der Waals surface area contributed by atoms with E-state index in [1.54, 1.807) is 0 Å². The highest BCUT2D eigenvalue weighted by Gasteiger charge is 2.21. The van der Waals surface area contributed by atoms with E-state index < -0.39 is 0 Å². The van der Waals surface area contributed by atoms with Crippen LogP contribution >= 0.6 is 0 Å². The maximum Gasteiger partial charge on any atom is 0.193 e. The molecule has 3 aromatic carbocycles. The number of carbonyl (C=O) groups is 1. The van der Waals surface area contributed by atoms with Crippen molar-refractivity contribution < 1.29 is 4.79 Å². The van der Waals surface area contributed by atoms with E-state index in [1.807, 2.05) is 48.5 Å². The molecule has 3 aromatic rings. The molecule has 1 aliphatic heterocycles. The van der Waals surface area contributed by atoms with Gasteiger partial charge in [-0.3, -0.25) is 4.79 Å². The molecule has 24 heavy (non-hydrogen) atoms. The highest BCUT2D eigenvalue weighted by atomic mass is 16.1. The normalized spacial score (nSPS) is 13.8. The van der Waals surface area contributed by atoms with E-state index in [0.29, 0.717) is 0 Å². The van der Waals surface area contributed by atoms with E-state index in [4.69, 9.17) is 0 Å². The molecule has 2 nitrogen and oxygen atoms in total. The van der Waals surface area contributed by atoms with Crippen molar-refractivity contribution >= 4 is 11.5 Å². The Bertz CT molecular complexity index is 827. The van der Waals surface area contributed by atoms with Crippen LogP contribution in [0.25, 0.3) is 0 Å². The maximum absolute atomic E-state index is 12.1. The number of hydrogen-bond donors (Lipinski definition) is 1. The summed E-state index contributed by atoms with van der Waals surface area (Å²) in [4.78, 5) is 12.1. The fraction of sp³-hybridized carbons (Fsp3) is 0.136. The van der Waals surface area contributed by atoms with Crippen LogP contribution in [0.15, 0.2) is 72.8 Å². The van der Waals surface area contributed by atoms with Crippen LogP contribution in [0.2, 0.25) is 0 Å². The Hall–Kier alpha value is -2.87. The van der Waals surface area contributed by atoms with Gasteiger partial charge in [0.2, 0.25) is 0 Å². The lowest BCUT2D eigenvalue weighted by atomic mass is 9.85. The number of carbonyl (C=O) groups excluding carboxylic acids is 1. The summed E-state index contributed by atoms with van der Waals surface area (Å²) in [6, 6.07) is 24.2. The average Bonchev–Trinajstić information content (AvgIpc) is 3.11. The molecule has 2 aliphatic rings. The molecule has 5 rings (SSSR count). The molecule has 0 atom stereocenters. The molecule has 1 aliphatic carbocycles. The predicted octanol–water partition coefficient (Wildman–Crippen LogP) is 4.48. The lowest BCUT2D eigenvalue weighted by Gasteiger charge is -2.17. The Morgan fingerprint density at radius 2 is 1.21 bits per heavy atom. The van der Waals surface area contributed by atoms with Gasteiger partial charge < -0.3 is 5.32 Å². The van der Waals surface area contributed by atoms with E-state index in [2.05, 4.69) is 29.6 Å².